The molecule has 100 valence electrons. The van der Waals surface area contributed by atoms with E-state index in [0.717, 1.165) is 12.8 Å². The van der Waals surface area contributed by atoms with E-state index in [0.29, 0.717) is 0 Å². The minimum Gasteiger partial charge on any atom is -0.121 e. The Labute approximate surface area is 117 Å². The van der Waals surface area contributed by atoms with E-state index < -0.39 is 0 Å². The average Bonchev–Trinajstić information content (AvgIpc) is 2.74. The number of rotatable bonds is 0. The van der Waals surface area contributed by atoms with Crippen molar-refractivity contribution in [1.82, 2.24) is 0 Å². The van der Waals surface area contributed by atoms with Crippen molar-refractivity contribution < 1.29 is 0 Å². The molecule has 0 radical (unpaired) electrons. The zero-order valence-electron chi connectivity index (χ0n) is 12.5. The predicted molar refractivity (Wildman–Crippen MR) is 85.4 cm³/mol. The minimum atomic E-state index is 1.06. The highest BCUT2D eigenvalue weighted by atomic mass is 14.2. The maximum absolute atomic E-state index is 3.13. The van der Waals surface area contributed by atoms with E-state index in [1.54, 1.807) is 0 Å². The number of hydrogen-bond acceptors (Lipinski definition) is 0. The van der Waals surface area contributed by atoms with Gasteiger partial charge >= 0.3 is 0 Å². The van der Waals surface area contributed by atoms with E-state index in [-0.39, 0.29) is 0 Å². The lowest BCUT2D eigenvalue weighted by Crippen LogP contribution is -2.08. The van der Waals surface area contributed by atoms with Gasteiger partial charge in [0.05, 0.1) is 0 Å². The maximum Gasteiger partial charge on any atom is -0.00199 e. The van der Waals surface area contributed by atoms with Crippen LogP contribution in [0.25, 0.3) is 0 Å². The van der Waals surface area contributed by atoms with Crippen molar-refractivity contribution in [1.29, 1.82) is 0 Å². The molecule has 1 aromatic carbocycles. The third-order valence-corrected chi connectivity index (χ3v) is 3.05. The van der Waals surface area contributed by atoms with Gasteiger partial charge in [0.15, 0.2) is 0 Å². The van der Waals surface area contributed by atoms with Crippen LogP contribution in [0.4, 0.5) is 0 Å². The van der Waals surface area contributed by atoms with Crippen LogP contribution in [-0.4, -0.2) is 0 Å². The lowest BCUT2D eigenvalue weighted by molar-refractivity contribution is 0.985. The highest BCUT2D eigenvalue weighted by Crippen LogP contribution is 2.29. The molecule has 2 aliphatic rings. The van der Waals surface area contributed by atoms with E-state index in [9.17, 15) is 0 Å². The van der Waals surface area contributed by atoms with E-state index in [4.69, 9.17) is 0 Å². The summed E-state index contributed by atoms with van der Waals surface area (Å²) in [5, 5.41) is 0. The summed E-state index contributed by atoms with van der Waals surface area (Å²) in [4.78, 5) is 0. The monoisotopic (exact) mass is 252 g/mol. The Balaban J connectivity index is 0.000000415. The van der Waals surface area contributed by atoms with Crippen LogP contribution in [0.1, 0.15) is 38.8 Å². The van der Waals surface area contributed by atoms with Crippen LogP contribution >= 0.6 is 0 Å². The standard InChI is InChI=1S/C15H12.2C2H6/c1-2-6-12-10-14-8-4-5-9-15(14)11-13(12)7-3-1;2*1-2/h2-9H,10-11H2;2*1-2H3. The fourth-order valence-corrected chi connectivity index (χ4v) is 2.22. The van der Waals surface area contributed by atoms with Gasteiger partial charge in [0, 0.05) is 0 Å². The summed E-state index contributed by atoms with van der Waals surface area (Å²) in [6, 6.07) is 8.71. The van der Waals surface area contributed by atoms with Crippen molar-refractivity contribution in [2.24, 2.45) is 0 Å². The first-order chi connectivity index (χ1) is 9.43. The van der Waals surface area contributed by atoms with E-state index in [1.165, 1.54) is 22.3 Å². The molecule has 0 bridgehead atoms. The van der Waals surface area contributed by atoms with E-state index in [2.05, 4.69) is 42.1 Å². The SMILES string of the molecule is C1=CC=C2Cc3ccccc3CC2=CC=1.CC.CC. The summed E-state index contributed by atoms with van der Waals surface area (Å²) in [5.74, 6) is 0. The average molecular weight is 252 g/mol. The van der Waals surface area contributed by atoms with Crippen molar-refractivity contribution in [3.8, 4) is 0 Å². The predicted octanol–water partition coefficient (Wildman–Crippen LogP) is 5.42. The summed E-state index contributed by atoms with van der Waals surface area (Å²) in [6.07, 6.45) is 10.5. The van der Waals surface area contributed by atoms with Crippen LogP contribution in [0.3, 0.4) is 0 Å². The molecule has 0 aliphatic heterocycles. The molecule has 0 heteroatoms. The summed E-state index contributed by atoms with van der Waals surface area (Å²) in [5.41, 5.74) is 8.94. The third kappa shape index (κ3) is 3.84. The molecule has 0 saturated heterocycles. The lowest BCUT2D eigenvalue weighted by atomic mass is 9.84. The first kappa shape index (κ1) is 15.3. The molecule has 0 saturated carbocycles. The van der Waals surface area contributed by atoms with Gasteiger partial charge in [-0.25, -0.2) is 0 Å². The molecule has 0 heterocycles. The first-order valence-corrected chi connectivity index (χ1v) is 7.31. The van der Waals surface area contributed by atoms with Gasteiger partial charge in [-0.05, 0) is 47.3 Å². The topological polar surface area (TPSA) is 0 Å². The van der Waals surface area contributed by atoms with Crippen molar-refractivity contribution in [3.63, 3.8) is 0 Å². The molecule has 0 unspecified atom stereocenters. The Kier molecular flexibility index (Phi) is 6.71. The Hall–Kier alpha value is -1.78. The Morgan fingerprint density at radius 2 is 1.16 bits per heavy atom. The normalized spacial score (nSPS) is 14.3. The second-order valence-corrected chi connectivity index (χ2v) is 4.01. The largest absolute Gasteiger partial charge is 0.121 e. The molecule has 0 atom stereocenters. The molecular weight excluding hydrogens is 228 g/mol. The summed E-state index contributed by atoms with van der Waals surface area (Å²) < 4.78 is 0. The molecule has 0 nitrogen and oxygen atoms in total. The van der Waals surface area contributed by atoms with Gasteiger partial charge in [0.1, 0.15) is 0 Å². The number of hydrogen-bond donors (Lipinski definition) is 0. The highest BCUT2D eigenvalue weighted by Gasteiger charge is 2.16. The van der Waals surface area contributed by atoms with Crippen LogP contribution in [0.2, 0.25) is 0 Å². The molecule has 19 heavy (non-hydrogen) atoms. The second-order valence-electron chi connectivity index (χ2n) is 4.01. The number of benzene rings is 1. The van der Waals surface area contributed by atoms with Gasteiger partial charge in [-0.1, -0.05) is 64.1 Å². The number of allylic oxidation sites excluding steroid dienone is 5. The summed E-state index contributed by atoms with van der Waals surface area (Å²) in [6.45, 7) is 8.00. The van der Waals surface area contributed by atoms with Gasteiger partial charge in [-0.15, -0.1) is 5.73 Å². The van der Waals surface area contributed by atoms with Gasteiger partial charge in [0.25, 0.3) is 0 Å². The van der Waals surface area contributed by atoms with Crippen LogP contribution < -0.4 is 0 Å². The second kappa shape index (κ2) is 8.34. The minimum absolute atomic E-state index is 1.06. The third-order valence-electron chi connectivity index (χ3n) is 3.05. The quantitative estimate of drug-likeness (QED) is 0.541. The summed E-state index contributed by atoms with van der Waals surface area (Å²) >= 11 is 0. The Bertz CT molecular complexity index is 476. The van der Waals surface area contributed by atoms with Gasteiger partial charge in [-0.3, -0.25) is 0 Å². The lowest BCUT2D eigenvalue weighted by Gasteiger charge is -2.21. The van der Waals surface area contributed by atoms with Crippen molar-refractivity contribution in [2.75, 3.05) is 0 Å². The van der Waals surface area contributed by atoms with Crippen molar-refractivity contribution >= 4 is 0 Å². The smallest absolute Gasteiger partial charge is 0.00199 e. The maximum atomic E-state index is 3.13. The van der Waals surface area contributed by atoms with Crippen LogP contribution in [0, 0.1) is 0 Å². The van der Waals surface area contributed by atoms with E-state index in [1.807, 2.05) is 39.8 Å². The number of fused-ring (bicyclic) bond motifs is 2. The first-order valence-electron chi connectivity index (χ1n) is 7.31. The molecule has 2 aliphatic carbocycles. The molecule has 3 rings (SSSR count). The zero-order chi connectivity index (χ0) is 14.1. The molecule has 0 fully saturated rings. The van der Waals surface area contributed by atoms with Crippen LogP contribution in [0.5, 0.6) is 0 Å². The summed E-state index contributed by atoms with van der Waals surface area (Å²) in [7, 11) is 0. The molecule has 1 aromatic rings. The van der Waals surface area contributed by atoms with Crippen molar-refractivity contribution in [2.45, 2.75) is 40.5 Å². The van der Waals surface area contributed by atoms with Crippen LogP contribution in [0.15, 0.2) is 65.4 Å². The molecule has 0 amide bonds. The van der Waals surface area contributed by atoms with Gasteiger partial charge < -0.3 is 0 Å². The van der Waals surface area contributed by atoms with Crippen molar-refractivity contribution in [3.05, 3.63) is 76.6 Å². The fraction of sp³-hybridized carbons (Fsp3) is 0.316. The molecule has 0 spiro atoms. The van der Waals surface area contributed by atoms with Gasteiger partial charge in [0.2, 0.25) is 0 Å². The molecular formula is C19H24. The molecule has 0 aromatic heterocycles. The van der Waals surface area contributed by atoms with E-state index >= 15 is 0 Å². The zero-order valence-corrected chi connectivity index (χ0v) is 12.5. The highest BCUT2D eigenvalue weighted by molar-refractivity contribution is 5.50. The van der Waals surface area contributed by atoms with Crippen LogP contribution in [-0.2, 0) is 12.8 Å². The Morgan fingerprint density at radius 1 is 0.737 bits per heavy atom. The van der Waals surface area contributed by atoms with Gasteiger partial charge in [-0.2, -0.15) is 0 Å². The fourth-order valence-electron chi connectivity index (χ4n) is 2.22. The Morgan fingerprint density at radius 3 is 1.58 bits per heavy atom. The molecule has 0 N–H and O–H groups in total.